The number of unbranched alkanes of at least 4 members (excludes halogenated alkanes) is 3. The summed E-state index contributed by atoms with van der Waals surface area (Å²) in [6.07, 6.45) is 10.7. The van der Waals surface area contributed by atoms with Gasteiger partial charge in [0.05, 0.1) is 0 Å². The van der Waals surface area contributed by atoms with E-state index in [-0.39, 0.29) is 0 Å². The van der Waals surface area contributed by atoms with Crippen LogP contribution in [-0.2, 0) is 0 Å². The lowest BCUT2D eigenvalue weighted by molar-refractivity contribution is 0.728. The molecular formula is C9H19N. The zero-order chi connectivity index (χ0) is 7.66. The standard InChI is InChI=1S/C9H19N/c1-2-3-4-5-6-7-8-9-10/h6-7H,2-5,8-10H2,1H3/b7-6+. The summed E-state index contributed by atoms with van der Waals surface area (Å²) in [6.45, 7) is 3.01. The molecule has 1 heteroatoms. The summed E-state index contributed by atoms with van der Waals surface area (Å²) in [5, 5.41) is 0. The van der Waals surface area contributed by atoms with Crippen molar-refractivity contribution < 1.29 is 0 Å². The molecule has 10 heavy (non-hydrogen) atoms. The van der Waals surface area contributed by atoms with Gasteiger partial charge in [-0.05, 0) is 25.8 Å². The van der Waals surface area contributed by atoms with Gasteiger partial charge in [0, 0.05) is 0 Å². The van der Waals surface area contributed by atoms with Gasteiger partial charge in [0.25, 0.3) is 0 Å². The average Bonchev–Trinajstić information content (AvgIpc) is 1.97. The van der Waals surface area contributed by atoms with Crippen LogP contribution in [0, 0.1) is 0 Å². The first-order valence-corrected chi connectivity index (χ1v) is 4.27. The quantitative estimate of drug-likeness (QED) is 0.446. The van der Waals surface area contributed by atoms with Crippen LogP contribution in [0.3, 0.4) is 0 Å². The fourth-order valence-corrected chi connectivity index (χ4v) is 0.844. The first-order valence-electron chi connectivity index (χ1n) is 4.27. The van der Waals surface area contributed by atoms with E-state index < -0.39 is 0 Å². The minimum absolute atomic E-state index is 0.782. The summed E-state index contributed by atoms with van der Waals surface area (Å²) < 4.78 is 0. The Kier molecular flexibility index (Phi) is 8.44. The molecule has 0 spiro atoms. The van der Waals surface area contributed by atoms with Gasteiger partial charge >= 0.3 is 0 Å². The molecule has 0 aromatic heterocycles. The van der Waals surface area contributed by atoms with Crippen molar-refractivity contribution in [1.82, 2.24) is 0 Å². The molecule has 0 saturated carbocycles. The molecule has 0 fully saturated rings. The van der Waals surface area contributed by atoms with Crippen LogP contribution in [0.15, 0.2) is 12.2 Å². The van der Waals surface area contributed by atoms with Gasteiger partial charge in [0.15, 0.2) is 0 Å². The van der Waals surface area contributed by atoms with E-state index in [1.807, 2.05) is 0 Å². The molecule has 0 atom stereocenters. The highest BCUT2D eigenvalue weighted by atomic mass is 14.5. The SMILES string of the molecule is CCCCC/C=C/CCN. The Morgan fingerprint density at radius 1 is 1.10 bits per heavy atom. The van der Waals surface area contributed by atoms with E-state index >= 15 is 0 Å². The van der Waals surface area contributed by atoms with Crippen molar-refractivity contribution in [2.45, 2.75) is 39.0 Å². The lowest BCUT2D eigenvalue weighted by Gasteiger charge is -1.90. The van der Waals surface area contributed by atoms with Gasteiger partial charge in [-0.25, -0.2) is 0 Å². The molecule has 0 aliphatic heterocycles. The van der Waals surface area contributed by atoms with Crippen molar-refractivity contribution in [3.63, 3.8) is 0 Å². The highest BCUT2D eigenvalue weighted by Gasteiger charge is 1.80. The van der Waals surface area contributed by atoms with Crippen molar-refractivity contribution in [2.24, 2.45) is 5.73 Å². The molecule has 0 aliphatic rings. The first-order chi connectivity index (χ1) is 4.91. The molecule has 1 nitrogen and oxygen atoms in total. The lowest BCUT2D eigenvalue weighted by atomic mass is 10.2. The summed E-state index contributed by atoms with van der Waals surface area (Å²) >= 11 is 0. The fraction of sp³-hybridized carbons (Fsp3) is 0.778. The minimum Gasteiger partial charge on any atom is -0.330 e. The van der Waals surface area contributed by atoms with E-state index in [9.17, 15) is 0 Å². The molecule has 0 aromatic rings. The summed E-state index contributed by atoms with van der Waals surface area (Å²) in [5.74, 6) is 0. The lowest BCUT2D eigenvalue weighted by Crippen LogP contribution is -1.94. The molecule has 0 radical (unpaired) electrons. The molecular weight excluding hydrogens is 122 g/mol. The van der Waals surface area contributed by atoms with Crippen molar-refractivity contribution >= 4 is 0 Å². The monoisotopic (exact) mass is 141 g/mol. The molecule has 0 bridgehead atoms. The van der Waals surface area contributed by atoms with Crippen LogP contribution in [-0.4, -0.2) is 6.54 Å². The third-order valence-electron chi connectivity index (χ3n) is 1.47. The van der Waals surface area contributed by atoms with Crippen molar-refractivity contribution in [2.75, 3.05) is 6.54 Å². The smallest absolute Gasteiger partial charge is 0.00426 e. The maximum Gasteiger partial charge on any atom is -0.00426 e. The summed E-state index contributed by atoms with van der Waals surface area (Å²) in [5.41, 5.74) is 5.32. The van der Waals surface area contributed by atoms with E-state index in [0.29, 0.717) is 0 Å². The van der Waals surface area contributed by atoms with E-state index in [4.69, 9.17) is 5.73 Å². The average molecular weight is 141 g/mol. The van der Waals surface area contributed by atoms with Gasteiger partial charge < -0.3 is 5.73 Å². The minimum atomic E-state index is 0.782. The topological polar surface area (TPSA) is 26.0 Å². The number of nitrogens with two attached hydrogens (primary N) is 1. The van der Waals surface area contributed by atoms with Gasteiger partial charge in [-0.15, -0.1) is 0 Å². The van der Waals surface area contributed by atoms with Crippen LogP contribution in [0.2, 0.25) is 0 Å². The van der Waals surface area contributed by atoms with Gasteiger partial charge in [0.2, 0.25) is 0 Å². The summed E-state index contributed by atoms with van der Waals surface area (Å²) in [4.78, 5) is 0. The second kappa shape index (κ2) is 8.70. The molecule has 0 heterocycles. The number of hydrogen-bond acceptors (Lipinski definition) is 1. The number of allylic oxidation sites excluding steroid dienone is 1. The normalized spacial score (nSPS) is 11.0. The van der Waals surface area contributed by atoms with E-state index in [0.717, 1.165) is 13.0 Å². The van der Waals surface area contributed by atoms with Crippen molar-refractivity contribution in [3.8, 4) is 0 Å². The Balaban J connectivity index is 2.88. The van der Waals surface area contributed by atoms with E-state index in [2.05, 4.69) is 19.1 Å². The molecule has 2 N–H and O–H groups in total. The second-order valence-corrected chi connectivity index (χ2v) is 2.54. The zero-order valence-corrected chi connectivity index (χ0v) is 6.97. The van der Waals surface area contributed by atoms with Gasteiger partial charge in [-0.3, -0.25) is 0 Å². The zero-order valence-electron chi connectivity index (χ0n) is 6.97. The summed E-state index contributed by atoms with van der Waals surface area (Å²) in [7, 11) is 0. The molecule has 0 aliphatic carbocycles. The Labute approximate surface area is 64.3 Å². The molecule has 0 rings (SSSR count). The van der Waals surface area contributed by atoms with Crippen molar-refractivity contribution in [1.29, 1.82) is 0 Å². The van der Waals surface area contributed by atoms with Crippen LogP contribution in [0.25, 0.3) is 0 Å². The molecule has 0 aromatic carbocycles. The number of rotatable bonds is 6. The van der Waals surface area contributed by atoms with Gasteiger partial charge in [-0.1, -0.05) is 31.9 Å². The highest BCUT2D eigenvalue weighted by Crippen LogP contribution is 1.99. The largest absolute Gasteiger partial charge is 0.330 e. The third-order valence-corrected chi connectivity index (χ3v) is 1.47. The van der Waals surface area contributed by atoms with Gasteiger partial charge in [-0.2, -0.15) is 0 Å². The maximum atomic E-state index is 5.32. The second-order valence-electron chi connectivity index (χ2n) is 2.54. The van der Waals surface area contributed by atoms with E-state index in [1.54, 1.807) is 0 Å². The third kappa shape index (κ3) is 7.70. The molecule has 0 unspecified atom stereocenters. The Morgan fingerprint density at radius 2 is 1.80 bits per heavy atom. The van der Waals surface area contributed by atoms with E-state index in [1.165, 1.54) is 25.7 Å². The van der Waals surface area contributed by atoms with Crippen LogP contribution >= 0.6 is 0 Å². The molecule has 0 saturated heterocycles. The molecule has 60 valence electrons. The fourth-order valence-electron chi connectivity index (χ4n) is 0.844. The predicted octanol–water partition coefficient (Wildman–Crippen LogP) is 2.47. The maximum absolute atomic E-state index is 5.32. The number of hydrogen-bond donors (Lipinski definition) is 1. The Bertz CT molecular complexity index is 76.8. The predicted molar refractivity (Wildman–Crippen MR) is 47.0 cm³/mol. The highest BCUT2D eigenvalue weighted by molar-refractivity contribution is 4.81. The van der Waals surface area contributed by atoms with Crippen LogP contribution < -0.4 is 5.73 Å². The van der Waals surface area contributed by atoms with Gasteiger partial charge in [0.1, 0.15) is 0 Å². The van der Waals surface area contributed by atoms with Crippen molar-refractivity contribution in [3.05, 3.63) is 12.2 Å². The summed E-state index contributed by atoms with van der Waals surface area (Å²) in [6, 6.07) is 0. The Hall–Kier alpha value is -0.300. The Morgan fingerprint density at radius 3 is 2.40 bits per heavy atom. The van der Waals surface area contributed by atoms with Crippen LogP contribution in [0.1, 0.15) is 39.0 Å². The first kappa shape index (κ1) is 9.70. The van der Waals surface area contributed by atoms with Crippen LogP contribution in [0.5, 0.6) is 0 Å². The van der Waals surface area contributed by atoms with Crippen LogP contribution in [0.4, 0.5) is 0 Å². The molecule has 0 amide bonds.